The summed E-state index contributed by atoms with van der Waals surface area (Å²) in [4.78, 5) is 0. The molecule has 0 bridgehead atoms. The van der Waals surface area contributed by atoms with Gasteiger partial charge in [-0.05, 0) is 0 Å². The van der Waals surface area contributed by atoms with Crippen molar-refractivity contribution < 1.29 is 12.8 Å². The number of hydrogen-bond acceptors (Lipinski definition) is 2. The molecule has 0 aromatic rings. The molecule has 1 saturated heterocycles. The molecule has 0 radical (unpaired) electrons. The maximum Gasteiger partial charge on any atom is 0.279 e. The Hall–Kier alpha value is -0.200. The first kappa shape index (κ1) is 6.91. The zero-order valence-corrected chi connectivity index (χ0v) is 5.44. The topological polar surface area (TPSA) is 63.4 Å². The molecule has 0 aromatic heterocycles. The number of alkyl halides is 1. The molecule has 0 spiro atoms. The predicted octanol–water partition coefficient (Wildman–Crippen LogP) is -0.809. The Labute approximate surface area is 52.6 Å². The molecule has 0 saturated carbocycles. The van der Waals surface area contributed by atoms with Crippen LogP contribution in [0.1, 0.15) is 6.42 Å². The lowest BCUT2D eigenvalue weighted by Gasteiger charge is -2.31. The van der Waals surface area contributed by atoms with Gasteiger partial charge in [0.15, 0.2) is 6.30 Å². The Morgan fingerprint density at radius 3 is 2.22 bits per heavy atom. The van der Waals surface area contributed by atoms with Gasteiger partial charge >= 0.3 is 0 Å². The van der Waals surface area contributed by atoms with Gasteiger partial charge in [-0.3, -0.25) is 0 Å². The highest BCUT2D eigenvalue weighted by Crippen LogP contribution is 2.19. The van der Waals surface area contributed by atoms with Gasteiger partial charge in [-0.15, -0.1) is 0 Å². The largest absolute Gasteiger partial charge is 0.279 e. The van der Waals surface area contributed by atoms with E-state index < -0.39 is 16.5 Å². The van der Waals surface area contributed by atoms with Gasteiger partial charge in [-0.2, -0.15) is 12.7 Å². The first-order valence-corrected chi connectivity index (χ1v) is 3.96. The van der Waals surface area contributed by atoms with E-state index in [9.17, 15) is 12.8 Å². The van der Waals surface area contributed by atoms with E-state index >= 15 is 0 Å². The summed E-state index contributed by atoms with van der Waals surface area (Å²) in [6.45, 7) is 0.208. The zero-order chi connectivity index (χ0) is 7.07. The summed E-state index contributed by atoms with van der Waals surface area (Å²) in [5.74, 6) is 0. The monoisotopic (exact) mass is 154 g/mol. The second-order valence-electron chi connectivity index (χ2n) is 1.88. The molecule has 6 heteroatoms. The third-order valence-corrected chi connectivity index (χ3v) is 2.29. The molecule has 1 rings (SSSR count). The summed E-state index contributed by atoms with van der Waals surface area (Å²) in [7, 11) is -3.76. The van der Waals surface area contributed by atoms with Crippen molar-refractivity contribution in [3.63, 3.8) is 0 Å². The quantitative estimate of drug-likeness (QED) is 0.502. The SMILES string of the molecule is NS(=O)(=O)N1CCC1F. The molecule has 0 aromatic carbocycles. The van der Waals surface area contributed by atoms with Crippen molar-refractivity contribution in [2.45, 2.75) is 12.7 Å². The minimum absolute atomic E-state index is 0.208. The normalized spacial score (nSPS) is 29.8. The number of halogens is 1. The number of nitrogens with zero attached hydrogens (tertiary/aromatic N) is 1. The number of hydrogen-bond donors (Lipinski definition) is 1. The van der Waals surface area contributed by atoms with Gasteiger partial charge < -0.3 is 0 Å². The summed E-state index contributed by atoms with van der Waals surface area (Å²) in [5.41, 5.74) is 0. The van der Waals surface area contributed by atoms with Crippen LogP contribution in [-0.2, 0) is 10.2 Å². The fraction of sp³-hybridized carbons (Fsp3) is 1.00. The molecule has 4 nitrogen and oxygen atoms in total. The second-order valence-corrected chi connectivity index (χ2v) is 3.38. The van der Waals surface area contributed by atoms with Crippen molar-refractivity contribution in [3.8, 4) is 0 Å². The van der Waals surface area contributed by atoms with E-state index in [4.69, 9.17) is 0 Å². The lowest BCUT2D eigenvalue weighted by atomic mass is 10.3. The van der Waals surface area contributed by atoms with Crippen molar-refractivity contribution >= 4 is 10.2 Å². The maximum atomic E-state index is 12.1. The molecule has 1 aliphatic heterocycles. The molecule has 1 heterocycles. The van der Waals surface area contributed by atoms with E-state index in [2.05, 4.69) is 5.14 Å². The van der Waals surface area contributed by atoms with Gasteiger partial charge in [0.1, 0.15) is 0 Å². The molecule has 9 heavy (non-hydrogen) atoms. The second kappa shape index (κ2) is 1.89. The van der Waals surface area contributed by atoms with Crippen LogP contribution in [0.5, 0.6) is 0 Å². The highest BCUT2D eigenvalue weighted by Gasteiger charge is 2.35. The molecule has 0 amide bonds. The van der Waals surface area contributed by atoms with Crippen LogP contribution in [-0.4, -0.2) is 25.6 Å². The average molecular weight is 154 g/mol. The maximum absolute atomic E-state index is 12.1. The molecule has 1 fully saturated rings. The highest BCUT2D eigenvalue weighted by atomic mass is 32.2. The Morgan fingerprint density at radius 1 is 1.67 bits per heavy atom. The minimum atomic E-state index is -3.76. The van der Waals surface area contributed by atoms with E-state index in [0.717, 1.165) is 0 Å². The first-order valence-electron chi connectivity index (χ1n) is 2.45. The van der Waals surface area contributed by atoms with Gasteiger partial charge in [0.05, 0.1) is 0 Å². The molecular weight excluding hydrogens is 147 g/mol. The van der Waals surface area contributed by atoms with Gasteiger partial charge in [0.2, 0.25) is 0 Å². The molecular formula is C3H7FN2O2S. The van der Waals surface area contributed by atoms with E-state index in [1.165, 1.54) is 0 Å². The van der Waals surface area contributed by atoms with Crippen LogP contribution in [0.15, 0.2) is 0 Å². The zero-order valence-electron chi connectivity index (χ0n) is 4.62. The Kier molecular flexibility index (Phi) is 1.45. The van der Waals surface area contributed by atoms with Crippen LogP contribution >= 0.6 is 0 Å². The van der Waals surface area contributed by atoms with E-state index in [-0.39, 0.29) is 13.0 Å². The lowest BCUT2D eigenvalue weighted by Crippen LogP contribution is -2.51. The van der Waals surface area contributed by atoms with Gasteiger partial charge in [0.25, 0.3) is 10.2 Å². The fourth-order valence-electron chi connectivity index (χ4n) is 0.619. The van der Waals surface area contributed by atoms with Crippen LogP contribution in [0.3, 0.4) is 0 Å². The van der Waals surface area contributed by atoms with Crippen molar-refractivity contribution in [1.82, 2.24) is 4.31 Å². The third-order valence-electron chi connectivity index (χ3n) is 1.23. The summed E-state index contributed by atoms with van der Waals surface area (Å²) < 4.78 is 33.3. The van der Waals surface area contributed by atoms with Gasteiger partial charge in [0, 0.05) is 13.0 Å². The predicted molar refractivity (Wildman–Crippen MR) is 29.3 cm³/mol. The smallest absolute Gasteiger partial charge is 0.229 e. The number of rotatable bonds is 1. The molecule has 1 atom stereocenters. The van der Waals surface area contributed by atoms with Gasteiger partial charge in [-0.25, -0.2) is 9.53 Å². The van der Waals surface area contributed by atoms with E-state index in [0.29, 0.717) is 4.31 Å². The molecule has 54 valence electrons. The van der Waals surface area contributed by atoms with Crippen LogP contribution in [0.2, 0.25) is 0 Å². The third kappa shape index (κ3) is 1.20. The Balaban J connectivity index is 2.66. The molecule has 2 N–H and O–H groups in total. The standard InChI is InChI=1S/C3H7FN2O2S/c4-3-1-2-6(3)9(5,7)8/h3H,1-2H2,(H2,5,7,8). The lowest BCUT2D eigenvalue weighted by molar-refractivity contribution is 0.0699. The van der Waals surface area contributed by atoms with Crippen molar-refractivity contribution in [1.29, 1.82) is 0 Å². The number of nitrogens with two attached hydrogens (primary N) is 1. The average Bonchev–Trinajstić information content (AvgIpc) is 1.57. The summed E-state index contributed by atoms with van der Waals surface area (Å²) >= 11 is 0. The van der Waals surface area contributed by atoms with Crippen LogP contribution in [0.25, 0.3) is 0 Å². The fourth-order valence-corrected chi connectivity index (χ4v) is 1.40. The van der Waals surface area contributed by atoms with Crippen LogP contribution in [0.4, 0.5) is 4.39 Å². The van der Waals surface area contributed by atoms with Crippen LogP contribution in [0, 0.1) is 0 Å². The summed E-state index contributed by atoms with van der Waals surface area (Å²) in [6.07, 6.45) is -1.13. The van der Waals surface area contributed by atoms with Crippen LogP contribution < -0.4 is 5.14 Å². The Bertz CT molecular complexity index is 202. The first-order chi connectivity index (χ1) is 4.02. The van der Waals surface area contributed by atoms with Gasteiger partial charge in [-0.1, -0.05) is 0 Å². The van der Waals surface area contributed by atoms with Crippen molar-refractivity contribution in [3.05, 3.63) is 0 Å². The minimum Gasteiger partial charge on any atom is -0.229 e. The Morgan fingerprint density at radius 2 is 2.22 bits per heavy atom. The molecule has 1 aliphatic rings. The van der Waals surface area contributed by atoms with Crippen molar-refractivity contribution in [2.24, 2.45) is 5.14 Å². The highest BCUT2D eigenvalue weighted by molar-refractivity contribution is 7.86. The van der Waals surface area contributed by atoms with E-state index in [1.807, 2.05) is 0 Å². The van der Waals surface area contributed by atoms with E-state index in [1.54, 1.807) is 0 Å². The molecule has 1 unspecified atom stereocenters. The molecule has 0 aliphatic carbocycles. The summed E-state index contributed by atoms with van der Waals surface area (Å²) in [6, 6.07) is 0. The van der Waals surface area contributed by atoms with Crippen molar-refractivity contribution in [2.75, 3.05) is 6.54 Å². The summed E-state index contributed by atoms with van der Waals surface area (Å²) in [5, 5.41) is 4.59.